The summed E-state index contributed by atoms with van der Waals surface area (Å²) >= 11 is 0. The Morgan fingerprint density at radius 1 is 1.07 bits per heavy atom. The summed E-state index contributed by atoms with van der Waals surface area (Å²) in [6.45, 7) is 0. The van der Waals surface area contributed by atoms with Gasteiger partial charge in [0.05, 0.1) is 5.69 Å². The standard InChI is InChI=1S/C22H22N7O/c23-20(30)6-3-7-21-24-14-17(25-21)13-10-15-8-11-16(12-9-15)18-4-1-2-5-19(18)22-26-28-29-27-22/h1-2,4-5,8-9,11-14H,3,6-7,10H2,(H2,23,30)(H,24,25)(H,26,27,28,29). The predicted octanol–water partition coefficient (Wildman–Crippen LogP) is 2.86. The summed E-state index contributed by atoms with van der Waals surface area (Å²) in [5.74, 6) is 1.24. The zero-order valence-electron chi connectivity index (χ0n) is 16.4. The van der Waals surface area contributed by atoms with Gasteiger partial charge in [-0.1, -0.05) is 48.5 Å². The first-order valence-corrected chi connectivity index (χ1v) is 9.77. The Balaban J connectivity index is 1.38. The Kier molecular flexibility index (Phi) is 5.93. The highest BCUT2D eigenvalue weighted by molar-refractivity contribution is 5.80. The minimum atomic E-state index is -0.281. The number of carbonyl (C=O) groups is 1. The van der Waals surface area contributed by atoms with Gasteiger partial charge >= 0.3 is 0 Å². The summed E-state index contributed by atoms with van der Waals surface area (Å²) in [5.41, 5.74) is 10.4. The molecule has 0 aliphatic carbocycles. The number of rotatable bonds is 9. The van der Waals surface area contributed by atoms with E-state index in [9.17, 15) is 4.79 Å². The molecule has 4 N–H and O–H groups in total. The fourth-order valence-corrected chi connectivity index (χ4v) is 3.30. The highest BCUT2D eigenvalue weighted by atomic mass is 16.1. The molecule has 0 bridgehead atoms. The van der Waals surface area contributed by atoms with Crippen molar-refractivity contribution in [1.29, 1.82) is 0 Å². The lowest BCUT2D eigenvalue weighted by molar-refractivity contribution is -0.118. The van der Waals surface area contributed by atoms with Crippen molar-refractivity contribution in [2.24, 2.45) is 5.73 Å². The molecule has 2 aromatic carbocycles. The fraction of sp³-hybridized carbons (Fsp3) is 0.182. The molecule has 0 saturated heterocycles. The average molecular weight is 400 g/mol. The number of carbonyl (C=O) groups excluding carboxylic acids is 1. The van der Waals surface area contributed by atoms with E-state index in [2.05, 4.69) is 67.3 Å². The Labute approximate surface area is 173 Å². The van der Waals surface area contributed by atoms with Crippen LogP contribution in [0.1, 0.15) is 29.9 Å². The zero-order chi connectivity index (χ0) is 20.8. The molecule has 2 aromatic heterocycles. The van der Waals surface area contributed by atoms with Crippen LogP contribution in [0.5, 0.6) is 0 Å². The predicted molar refractivity (Wildman–Crippen MR) is 113 cm³/mol. The molecule has 1 radical (unpaired) electrons. The van der Waals surface area contributed by atoms with E-state index in [0.29, 0.717) is 25.1 Å². The van der Waals surface area contributed by atoms with Crippen molar-refractivity contribution < 1.29 is 4.79 Å². The number of hydrogen-bond donors (Lipinski definition) is 3. The third kappa shape index (κ3) is 4.78. The summed E-state index contributed by atoms with van der Waals surface area (Å²) in [4.78, 5) is 18.5. The maximum Gasteiger partial charge on any atom is 0.217 e. The van der Waals surface area contributed by atoms with E-state index in [0.717, 1.165) is 34.6 Å². The molecule has 0 unspecified atom stereocenters. The molecule has 0 spiro atoms. The molecular formula is C22H22N7O. The van der Waals surface area contributed by atoms with Crippen molar-refractivity contribution in [1.82, 2.24) is 30.6 Å². The summed E-state index contributed by atoms with van der Waals surface area (Å²) in [6, 6.07) is 16.5. The number of hydrogen-bond acceptors (Lipinski definition) is 5. The maximum atomic E-state index is 10.8. The molecule has 8 nitrogen and oxygen atoms in total. The molecule has 30 heavy (non-hydrogen) atoms. The van der Waals surface area contributed by atoms with Crippen LogP contribution < -0.4 is 5.73 Å². The number of imidazole rings is 1. The lowest BCUT2D eigenvalue weighted by Crippen LogP contribution is -2.10. The molecule has 8 heteroatoms. The van der Waals surface area contributed by atoms with Gasteiger partial charge in [0.2, 0.25) is 5.91 Å². The molecule has 4 rings (SSSR count). The number of aryl methyl sites for hydroxylation is 1. The number of nitrogens with one attached hydrogen (secondary N) is 2. The quantitative estimate of drug-likeness (QED) is 0.398. The molecule has 0 aliphatic heterocycles. The van der Waals surface area contributed by atoms with Gasteiger partial charge in [-0.3, -0.25) is 4.79 Å². The zero-order valence-corrected chi connectivity index (χ0v) is 16.4. The van der Waals surface area contributed by atoms with E-state index in [-0.39, 0.29) is 5.91 Å². The van der Waals surface area contributed by atoms with Gasteiger partial charge in [0.25, 0.3) is 0 Å². The monoisotopic (exact) mass is 400 g/mol. The number of benzene rings is 2. The first-order chi connectivity index (χ1) is 14.7. The van der Waals surface area contributed by atoms with Crippen LogP contribution in [-0.2, 0) is 17.6 Å². The second-order valence-electron chi connectivity index (χ2n) is 6.99. The van der Waals surface area contributed by atoms with Crippen LogP contribution >= 0.6 is 0 Å². The van der Waals surface area contributed by atoms with Crippen LogP contribution in [0.15, 0.2) is 54.7 Å². The number of amides is 1. The minimum Gasteiger partial charge on any atom is -0.370 e. The van der Waals surface area contributed by atoms with Gasteiger partial charge in [-0.2, -0.15) is 0 Å². The van der Waals surface area contributed by atoms with Gasteiger partial charge in [0.1, 0.15) is 5.82 Å². The Bertz CT molecular complexity index is 1100. The number of primary amides is 1. The van der Waals surface area contributed by atoms with Crippen molar-refractivity contribution in [2.75, 3.05) is 0 Å². The maximum absolute atomic E-state index is 10.8. The van der Waals surface area contributed by atoms with Crippen molar-refractivity contribution >= 4 is 5.91 Å². The normalized spacial score (nSPS) is 10.9. The van der Waals surface area contributed by atoms with Crippen LogP contribution in [0, 0.1) is 6.42 Å². The number of aromatic amines is 2. The van der Waals surface area contributed by atoms with Crippen molar-refractivity contribution in [3.63, 3.8) is 0 Å². The van der Waals surface area contributed by atoms with E-state index in [4.69, 9.17) is 5.73 Å². The Morgan fingerprint density at radius 3 is 2.60 bits per heavy atom. The van der Waals surface area contributed by atoms with Gasteiger partial charge < -0.3 is 10.7 Å². The smallest absolute Gasteiger partial charge is 0.217 e. The number of nitrogens with two attached hydrogens (primary N) is 1. The molecule has 0 aliphatic rings. The van der Waals surface area contributed by atoms with Gasteiger partial charge in [-0.25, -0.2) is 10.1 Å². The number of H-pyrrole nitrogens is 2. The number of nitrogens with zero attached hydrogens (tertiary/aromatic N) is 4. The molecule has 0 atom stereocenters. The lowest BCUT2D eigenvalue weighted by Gasteiger charge is -2.08. The van der Waals surface area contributed by atoms with Gasteiger partial charge in [-0.05, 0) is 40.0 Å². The van der Waals surface area contributed by atoms with E-state index >= 15 is 0 Å². The van der Waals surface area contributed by atoms with Crippen LogP contribution in [0.3, 0.4) is 0 Å². The van der Waals surface area contributed by atoms with Crippen LogP contribution in [-0.4, -0.2) is 36.5 Å². The van der Waals surface area contributed by atoms with Gasteiger partial charge in [-0.15, -0.1) is 5.10 Å². The number of tetrazole rings is 1. The average Bonchev–Trinajstić information content (AvgIpc) is 3.45. The first kappa shape index (κ1) is 19.5. The second-order valence-corrected chi connectivity index (χ2v) is 6.99. The first-order valence-electron chi connectivity index (χ1n) is 9.77. The largest absolute Gasteiger partial charge is 0.370 e. The molecule has 0 saturated carbocycles. The van der Waals surface area contributed by atoms with Gasteiger partial charge in [0.15, 0.2) is 5.82 Å². The molecule has 2 heterocycles. The van der Waals surface area contributed by atoms with Crippen LogP contribution in [0.2, 0.25) is 0 Å². The summed E-state index contributed by atoms with van der Waals surface area (Å²) in [5, 5.41) is 14.2. The van der Waals surface area contributed by atoms with Crippen molar-refractivity contribution in [3.8, 4) is 22.5 Å². The summed E-state index contributed by atoms with van der Waals surface area (Å²) in [7, 11) is 0. The number of aromatic nitrogens is 6. The summed E-state index contributed by atoms with van der Waals surface area (Å²) < 4.78 is 0. The third-order valence-electron chi connectivity index (χ3n) is 4.83. The lowest BCUT2D eigenvalue weighted by atomic mass is 9.97. The minimum absolute atomic E-state index is 0.281. The van der Waals surface area contributed by atoms with Crippen LogP contribution in [0.4, 0.5) is 0 Å². The van der Waals surface area contributed by atoms with Crippen molar-refractivity contribution in [2.45, 2.75) is 25.7 Å². The molecule has 4 aromatic rings. The van der Waals surface area contributed by atoms with E-state index in [1.54, 1.807) is 0 Å². The second kappa shape index (κ2) is 9.13. The highest BCUT2D eigenvalue weighted by Crippen LogP contribution is 2.29. The molecule has 1 amide bonds. The highest BCUT2D eigenvalue weighted by Gasteiger charge is 2.10. The Hall–Kier alpha value is -3.81. The third-order valence-corrected chi connectivity index (χ3v) is 4.83. The molecular weight excluding hydrogens is 378 g/mol. The topological polar surface area (TPSA) is 126 Å². The van der Waals surface area contributed by atoms with E-state index < -0.39 is 0 Å². The van der Waals surface area contributed by atoms with Crippen LogP contribution in [0.25, 0.3) is 22.5 Å². The summed E-state index contributed by atoms with van der Waals surface area (Å²) in [6.07, 6.45) is 6.54. The Morgan fingerprint density at radius 2 is 1.87 bits per heavy atom. The van der Waals surface area contributed by atoms with E-state index in [1.165, 1.54) is 5.56 Å². The SMILES string of the molecule is NC(=O)CCCc1nc([CH]Cc2ccc(-c3ccccc3-c3nnn[nH]3)cc2)c[nH]1. The van der Waals surface area contributed by atoms with Crippen molar-refractivity contribution in [3.05, 3.63) is 78.2 Å². The molecule has 0 fully saturated rings. The van der Waals surface area contributed by atoms with E-state index in [1.807, 2.05) is 24.4 Å². The molecule has 151 valence electrons. The fourth-order valence-electron chi connectivity index (χ4n) is 3.30. The van der Waals surface area contributed by atoms with Gasteiger partial charge in [0, 0.05) is 31.0 Å².